The van der Waals surface area contributed by atoms with Gasteiger partial charge in [-0.05, 0) is 30.8 Å². The summed E-state index contributed by atoms with van der Waals surface area (Å²) in [5.74, 6) is -2.92. The van der Waals surface area contributed by atoms with Crippen LogP contribution in [0.4, 0.5) is 8.78 Å². The van der Waals surface area contributed by atoms with Gasteiger partial charge in [0.2, 0.25) is 5.88 Å². The van der Waals surface area contributed by atoms with Gasteiger partial charge in [0.1, 0.15) is 5.75 Å². The number of nitrogens with zero attached hydrogens (tertiary/aromatic N) is 4. The molecule has 1 unspecified atom stereocenters. The van der Waals surface area contributed by atoms with E-state index in [0.29, 0.717) is 23.5 Å². The Bertz CT molecular complexity index is 916. The van der Waals surface area contributed by atoms with E-state index in [1.165, 1.54) is 6.07 Å². The van der Waals surface area contributed by atoms with Crippen LogP contribution in [0.5, 0.6) is 11.6 Å². The van der Waals surface area contributed by atoms with E-state index in [2.05, 4.69) is 20.6 Å². The molecule has 4 rings (SSSR count). The molecule has 2 N–H and O–H groups in total. The first-order valence-electron chi connectivity index (χ1n) is 8.45. The number of piperidine rings is 1. The van der Waals surface area contributed by atoms with E-state index in [1.54, 1.807) is 47.4 Å². The van der Waals surface area contributed by atoms with Crippen molar-refractivity contribution in [1.82, 2.24) is 25.3 Å². The minimum atomic E-state index is -2.96. The van der Waals surface area contributed by atoms with Crippen LogP contribution in [0.2, 0.25) is 0 Å². The zero-order chi connectivity index (χ0) is 18.9. The quantitative estimate of drug-likeness (QED) is 0.731. The molecule has 3 heterocycles. The van der Waals surface area contributed by atoms with E-state index in [-0.39, 0.29) is 18.1 Å². The van der Waals surface area contributed by atoms with Crippen molar-refractivity contribution in [3.05, 3.63) is 48.8 Å². The molecule has 3 aromatic rings. The number of hydrogen-bond acceptors (Lipinski definition) is 6. The molecule has 7 nitrogen and oxygen atoms in total. The fourth-order valence-corrected chi connectivity index (χ4v) is 2.93. The molecule has 2 aromatic heterocycles. The molecule has 0 spiro atoms. The summed E-state index contributed by atoms with van der Waals surface area (Å²) in [5.41, 5.74) is 1.57. The summed E-state index contributed by atoms with van der Waals surface area (Å²) in [6, 6.07) is 9.86. The lowest BCUT2D eigenvalue weighted by Crippen LogP contribution is -2.52. The monoisotopic (exact) mass is 373 g/mol. The molecule has 1 aliphatic rings. The number of rotatable bonds is 4. The Balaban J connectivity index is 1.52. The Labute approximate surface area is 153 Å². The number of nitrogens with one attached hydrogen (secondary N) is 1. The van der Waals surface area contributed by atoms with Crippen LogP contribution in [-0.2, 0) is 0 Å². The van der Waals surface area contributed by atoms with Crippen molar-refractivity contribution >= 4 is 0 Å². The molecule has 1 aromatic carbocycles. The van der Waals surface area contributed by atoms with Crippen LogP contribution in [0.15, 0.2) is 48.8 Å². The summed E-state index contributed by atoms with van der Waals surface area (Å²) in [6.45, 7) is 0.0435. The van der Waals surface area contributed by atoms with Gasteiger partial charge in [0.25, 0.3) is 5.92 Å². The number of phenolic OH excluding ortho intramolecular Hbond substituents is 1. The summed E-state index contributed by atoms with van der Waals surface area (Å²) in [4.78, 5) is 0. The Morgan fingerprint density at radius 2 is 2.11 bits per heavy atom. The molecule has 0 aliphatic carbocycles. The van der Waals surface area contributed by atoms with Crippen molar-refractivity contribution in [2.45, 2.75) is 18.4 Å². The zero-order valence-electron chi connectivity index (χ0n) is 14.2. The van der Waals surface area contributed by atoms with E-state index in [9.17, 15) is 13.9 Å². The fourth-order valence-electron chi connectivity index (χ4n) is 2.93. The van der Waals surface area contributed by atoms with Crippen molar-refractivity contribution in [2.24, 2.45) is 0 Å². The third kappa shape index (κ3) is 3.59. The van der Waals surface area contributed by atoms with Gasteiger partial charge < -0.3 is 15.2 Å². The van der Waals surface area contributed by atoms with Crippen molar-refractivity contribution < 1.29 is 18.6 Å². The van der Waals surface area contributed by atoms with Crippen LogP contribution in [0.25, 0.3) is 16.9 Å². The van der Waals surface area contributed by atoms with Crippen molar-refractivity contribution in [3.8, 4) is 28.6 Å². The number of ether oxygens (including phenoxy) is 1. The smallest absolute Gasteiger partial charge is 0.296 e. The Kier molecular flexibility index (Phi) is 4.44. The molecule has 0 bridgehead atoms. The lowest BCUT2D eigenvalue weighted by atomic mass is 10.1. The Morgan fingerprint density at radius 3 is 2.78 bits per heavy atom. The highest BCUT2D eigenvalue weighted by Gasteiger charge is 2.43. The highest BCUT2D eigenvalue weighted by atomic mass is 19.3. The predicted molar refractivity (Wildman–Crippen MR) is 93.1 cm³/mol. The second-order valence-electron chi connectivity index (χ2n) is 6.24. The van der Waals surface area contributed by atoms with Crippen LogP contribution in [-0.4, -0.2) is 50.2 Å². The first-order chi connectivity index (χ1) is 13.0. The number of halogens is 2. The number of aromatic hydroxyl groups is 1. The highest BCUT2D eigenvalue weighted by Crippen LogP contribution is 2.31. The summed E-state index contributed by atoms with van der Waals surface area (Å²) in [5, 5.41) is 24.9. The van der Waals surface area contributed by atoms with Gasteiger partial charge in [-0.15, -0.1) is 10.2 Å². The summed E-state index contributed by atoms with van der Waals surface area (Å²) >= 11 is 0. The SMILES string of the molecule is Oc1cc(-n2cccn2)ccc1-c1ccc(OC2CCNCC2(F)F)nn1. The van der Waals surface area contributed by atoms with E-state index in [1.807, 2.05) is 0 Å². The molecule has 0 saturated carbocycles. The van der Waals surface area contributed by atoms with Crippen LogP contribution < -0.4 is 10.1 Å². The minimum absolute atomic E-state index is 0.0101. The normalized spacial score (nSPS) is 19.0. The lowest BCUT2D eigenvalue weighted by molar-refractivity contribution is -0.110. The van der Waals surface area contributed by atoms with E-state index in [0.717, 1.165) is 0 Å². The number of benzene rings is 1. The summed E-state index contributed by atoms with van der Waals surface area (Å²) < 4.78 is 34.6. The maximum Gasteiger partial charge on any atom is 0.296 e. The topological polar surface area (TPSA) is 85.1 Å². The van der Waals surface area contributed by atoms with Crippen molar-refractivity contribution in [1.29, 1.82) is 0 Å². The maximum atomic E-state index is 13.8. The van der Waals surface area contributed by atoms with E-state index in [4.69, 9.17) is 4.74 Å². The van der Waals surface area contributed by atoms with Crippen LogP contribution in [0.1, 0.15) is 6.42 Å². The standard InChI is InChI=1S/C18H17F2N5O2/c19-18(20)11-21-8-6-16(18)27-17-5-4-14(23-24-17)13-3-2-12(10-15(13)26)25-9-1-7-22-25/h1-5,7,9-10,16,21,26H,6,8,11H2. The fraction of sp³-hybridized carbons (Fsp3) is 0.278. The molecule has 9 heteroatoms. The van der Waals surface area contributed by atoms with Gasteiger partial charge in [0.05, 0.1) is 17.9 Å². The molecule has 1 fully saturated rings. The van der Waals surface area contributed by atoms with Crippen molar-refractivity contribution in [3.63, 3.8) is 0 Å². The Morgan fingerprint density at radius 1 is 1.22 bits per heavy atom. The van der Waals surface area contributed by atoms with E-state index >= 15 is 0 Å². The number of hydrogen-bond donors (Lipinski definition) is 2. The number of aromatic nitrogens is 4. The van der Waals surface area contributed by atoms with Gasteiger partial charge in [0, 0.05) is 36.5 Å². The average molecular weight is 373 g/mol. The average Bonchev–Trinajstić information content (AvgIpc) is 3.19. The van der Waals surface area contributed by atoms with Crippen molar-refractivity contribution in [2.75, 3.05) is 13.1 Å². The lowest BCUT2D eigenvalue weighted by Gasteiger charge is -2.31. The molecular weight excluding hydrogens is 356 g/mol. The van der Waals surface area contributed by atoms with Crippen LogP contribution in [0.3, 0.4) is 0 Å². The predicted octanol–water partition coefficient (Wildman–Crippen LogP) is 2.41. The zero-order valence-corrected chi connectivity index (χ0v) is 14.2. The van der Waals surface area contributed by atoms with Gasteiger partial charge >= 0.3 is 0 Å². The molecule has 0 radical (unpaired) electrons. The second-order valence-corrected chi connectivity index (χ2v) is 6.24. The number of alkyl halides is 2. The minimum Gasteiger partial charge on any atom is -0.507 e. The maximum absolute atomic E-state index is 13.8. The third-order valence-corrected chi connectivity index (χ3v) is 4.34. The van der Waals surface area contributed by atoms with Gasteiger partial charge in [-0.2, -0.15) is 5.10 Å². The van der Waals surface area contributed by atoms with Gasteiger partial charge in [-0.25, -0.2) is 13.5 Å². The first-order valence-corrected chi connectivity index (χ1v) is 8.45. The molecule has 1 atom stereocenters. The first kappa shape index (κ1) is 17.3. The Hall–Kier alpha value is -3.07. The largest absolute Gasteiger partial charge is 0.507 e. The molecule has 140 valence electrons. The van der Waals surface area contributed by atoms with E-state index < -0.39 is 18.6 Å². The molecule has 1 saturated heterocycles. The van der Waals surface area contributed by atoms with Gasteiger partial charge in [-0.3, -0.25) is 0 Å². The van der Waals surface area contributed by atoms with Crippen LogP contribution >= 0.6 is 0 Å². The summed E-state index contributed by atoms with van der Waals surface area (Å²) in [7, 11) is 0. The molecule has 0 amide bonds. The molecule has 27 heavy (non-hydrogen) atoms. The molecular formula is C18H17F2N5O2. The molecule has 1 aliphatic heterocycles. The van der Waals surface area contributed by atoms with Gasteiger partial charge in [0.15, 0.2) is 6.10 Å². The third-order valence-electron chi connectivity index (χ3n) is 4.34. The summed E-state index contributed by atoms with van der Waals surface area (Å²) in [6.07, 6.45) is 2.35. The number of phenols is 1. The van der Waals surface area contributed by atoms with Crippen LogP contribution in [0, 0.1) is 0 Å². The highest BCUT2D eigenvalue weighted by molar-refractivity contribution is 5.68. The van der Waals surface area contributed by atoms with Gasteiger partial charge in [-0.1, -0.05) is 0 Å². The second kappa shape index (κ2) is 6.92.